The molecule has 0 bridgehead atoms. The number of non-ortho nitro benzene ring substituents is 1. The van der Waals surface area contributed by atoms with E-state index in [2.05, 4.69) is 15.3 Å². The first kappa shape index (κ1) is 22.8. The van der Waals surface area contributed by atoms with E-state index in [1.165, 1.54) is 18.2 Å². The van der Waals surface area contributed by atoms with Crippen LogP contribution in [0.5, 0.6) is 5.75 Å². The Hall–Kier alpha value is -3.51. The molecular weight excluding hydrogens is 464 g/mol. The monoisotopic (exact) mass is 480 g/mol. The fraction of sp³-hybridized carbons (Fsp3) is 0.167. The molecule has 0 radical (unpaired) electrons. The number of phenols is 1. The fourth-order valence-corrected chi connectivity index (χ4v) is 2.87. The van der Waals surface area contributed by atoms with Crippen LogP contribution in [0.4, 0.5) is 5.69 Å². The molecule has 0 saturated heterocycles. The molecule has 0 aliphatic heterocycles. The number of rotatable bonds is 7. The van der Waals surface area contributed by atoms with Crippen molar-refractivity contribution in [2.45, 2.75) is 19.0 Å². The van der Waals surface area contributed by atoms with Gasteiger partial charge in [-0.1, -0.05) is 12.1 Å². The number of benzene rings is 2. The number of nitro groups is 1. The maximum atomic E-state index is 11.7. The van der Waals surface area contributed by atoms with E-state index in [-0.39, 0.29) is 58.0 Å². The molecule has 0 unspecified atom stereocenters. The van der Waals surface area contributed by atoms with Crippen molar-refractivity contribution in [3.8, 4) is 5.75 Å². The van der Waals surface area contributed by atoms with Crippen LogP contribution in [-0.2, 0) is 17.8 Å². The zero-order valence-corrected chi connectivity index (χ0v) is 17.0. The van der Waals surface area contributed by atoms with Crippen LogP contribution in [0.15, 0.2) is 46.0 Å². The van der Waals surface area contributed by atoms with Gasteiger partial charge in [0, 0.05) is 18.7 Å². The van der Waals surface area contributed by atoms with Crippen molar-refractivity contribution < 1.29 is 19.9 Å². The molecule has 11 nitrogen and oxygen atoms in total. The van der Waals surface area contributed by atoms with Gasteiger partial charge in [-0.3, -0.25) is 29.8 Å². The Bertz CT molecular complexity index is 1200. The molecular formula is C18H17BrN4O7. The van der Waals surface area contributed by atoms with Gasteiger partial charge in [0.1, 0.15) is 11.8 Å². The molecule has 158 valence electrons. The number of hydrogen-bond acceptors (Lipinski definition) is 7. The van der Waals surface area contributed by atoms with Gasteiger partial charge in [0.15, 0.2) is 0 Å². The summed E-state index contributed by atoms with van der Waals surface area (Å²) in [6, 6.07) is 7.30. The molecule has 0 spiro atoms. The van der Waals surface area contributed by atoms with E-state index in [9.17, 15) is 34.7 Å². The number of carboxylic acids is 1. The predicted molar refractivity (Wildman–Crippen MR) is 112 cm³/mol. The predicted octanol–water partition coefficient (Wildman–Crippen LogP) is 1.19. The topological polar surface area (TPSA) is 178 Å². The minimum absolute atomic E-state index is 0. The van der Waals surface area contributed by atoms with E-state index in [0.717, 1.165) is 6.07 Å². The Labute approximate surface area is 178 Å². The molecule has 1 aromatic heterocycles. The van der Waals surface area contributed by atoms with Gasteiger partial charge in [-0.25, -0.2) is 0 Å². The van der Waals surface area contributed by atoms with Gasteiger partial charge in [0.25, 0.3) is 5.69 Å². The summed E-state index contributed by atoms with van der Waals surface area (Å²) in [5.41, 5.74) is -1.06. The van der Waals surface area contributed by atoms with E-state index in [1.54, 1.807) is 12.1 Å². The number of nitro benzene ring substituents is 1. The molecule has 30 heavy (non-hydrogen) atoms. The van der Waals surface area contributed by atoms with Gasteiger partial charge in [-0.15, -0.1) is 17.0 Å². The number of aromatic nitrogens is 2. The lowest BCUT2D eigenvalue weighted by molar-refractivity contribution is -0.384. The summed E-state index contributed by atoms with van der Waals surface area (Å²) in [5, 5.41) is 32.8. The number of hydrogen-bond donors (Lipinski definition) is 5. The third-order valence-electron chi connectivity index (χ3n) is 4.32. The smallest absolute Gasteiger partial charge is 0.321 e. The Kier molecular flexibility index (Phi) is 7.08. The van der Waals surface area contributed by atoms with Crippen molar-refractivity contribution >= 4 is 39.7 Å². The molecule has 0 fully saturated rings. The molecule has 3 rings (SSSR count). The molecule has 1 heterocycles. The van der Waals surface area contributed by atoms with E-state index >= 15 is 0 Å². The van der Waals surface area contributed by atoms with E-state index in [1.807, 2.05) is 0 Å². The highest BCUT2D eigenvalue weighted by Gasteiger charge is 2.20. The summed E-state index contributed by atoms with van der Waals surface area (Å²) in [5.74, 6) is -1.09. The first-order valence-corrected chi connectivity index (χ1v) is 8.42. The SMILES string of the molecule is Br.O=C(O)[C@H](Cc1ccc(O)cc1)NCc1cc([N+](=O)[O-])cc2[nH]c(=O)c(=O)[nH]c12. The van der Waals surface area contributed by atoms with Gasteiger partial charge in [-0.2, -0.15) is 0 Å². The summed E-state index contributed by atoms with van der Waals surface area (Å²) in [4.78, 5) is 49.9. The largest absolute Gasteiger partial charge is 0.508 e. The van der Waals surface area contributed by atoms with Crippen molar-refractivity contribution in [3.05, 3.63) is 78.3 Å². The molecule has 0 saturated carbocycles. The van der Waals surface area contributed by atoms with Crippen LogP contribution < -0.4 is 16.4 Å². The van der Waals surface area contributed by atoms with Crippen molar-refractivity contribution in [1.82, 2.24) is 15.3 Å². The standard InChI is InChI=1S/C18H16N4O7.BrH/c23-12-3-1-9(2-4-12)5-14(18(26)27)19-8-10-6-11(22(28)29)7-13-15(10)21-17(25)16(24)20-13;/h1-4,6-7,14,19,23H,5,8H2,(H,20,24)(H,21,25)(H,26,27);1H/t14-;/m0./s1. The van der Waals surface area contributed by atoms with Crippen molar-refractivity contribution in [1.29, 1.82) is 0 Å². The Morgan fingerprint density at radius 2 is 1.77 bits per heavy atom. The van der Waals surface area contributed by atoms with Crippen LogP contribution in [0.2, 0.25) is 0 Å². The number of aromatic hydroxyl groups is 1. The molecule has 12 heteroatoms. The maximum absolute atomic E-state index is 11.7. The number of carbonyl (C=O) groups is 1. The van der Waals surface area contributed by atoms with Gasteiger partial charge in [0.2, 0.25) is 0 Å². The second kappa shape index (κ2) is 9.33. The third kappa shape index (κ3) is 5.10. The number of phenolic OH excluding ortho intramolecular Hbond substituents is 1. The number of halogens is 1. The Balaban J connectivity index is 0.00000320. The summed E-state index contributed by atoms with van der Waals surface area (Å²) < 4.78 is 0. The number of aliphatic carboxylic acids is 1. The van der Waals surface area contributed by atoms with Gasteiger partial charge < -0.3 is 20.2 Å². The highest BCUT2D eigenvalue weighted by molar-refractivity contribution is 8.93. The molecule has 5 N–H and O–H groups in total. The van der Waals surface area contributed by atoms with Crippen molar-refractivity contribution in [2.75, 3.05) is 0 Å². The normalized spacial score (nSPS) is 11.6. The maximum Gasteiger partial charge on any atom is 0.321 e. The average Bonchev–Trinajstić information content (AvgIpc) is 2.67. The van der Waals surface area contributed by atoms with Crippen LogP contribution in [0.1, 0.15) is 11.1 Å². The summed E-state index contributed by atoms with van der Waals surface area (Å²) in [6.07, 6.45) is 0.0931. The van der Waals surface area contributed by atoms with E-state index < -0.39 is 28.1 Å². The number of nitrogens with zero attached hydrogens (tertiary/aromatic N) is 1. The fourth-order valence-electron chi connectivity index (χ4n) is 2.87. The minimum Gasteiger partial charge on any atom is -0.508 e. The van der Waals surface area contributed by atoms with Crippen LogP contribution in [-0.4, -0.2) is 37.1 Å². The summed E-state index contributed by atoms with van der Waals surface area (Å²) in [6.45, 7) is -0.116. The number of aromatic amines is 2. The van der Waals surface area contributed by atoms with Crippen molar-refractivity contribution in [2.24, 2.45) is 0 Å². The van der Waals surface area contributed by atoms with Crippen LogP contribution in [0.25, 0.3) is 11.0 Å². The molecule has 0 aliphatic carbocycles. The lowest BCUT2D eigenvalue weighted by Gasteiger charge is -2.15. The highest BCUT2D eigenvalue weighted by atomic mass is 79.9. The van der Waals surface area contributed by atoms with Crippen LogP contribution in [0, 0.1) is 10.1 Å². The lowest BCUT2D eigenvalue weighted by atomic mass is 10.0. The summed E-state index contributed by atoms with van der Waals surface area (Å²) >= 11 is 0. The zero-order valence-electron chi connectivity index (χ0n) is 15.2. The number of nitrogens with one attached hydrogen (secondary N) is 3. The van der Waals surface area contributed by atoms with Gasteiger partial charge in [0.05, 0.1) is 16.0 Å². The molecule has 0 amide bonds. The molecule has 2 aromatic carbocycles. The van der Waals surface area contributed by atoms with E-state index in [0.29, 0.717) is 5.56 Å². The third-order valence-corrected chi connectivity index (χ3v) is 4.32. The first-order chi connectivity index (χ1) is 13.7. The van der Waals surface area contributed by atoms with Gasteiger partial charge >= 0.3 is 17.1 Å². The van der Waals surface area contributed by atoms with Crippen LogP contribution in [0.3, 0.4) is 0 Å². The first-order valence-electron chi connectivity index (χ1n) is 8.42. The number of H-pyrrole nitrogens is 2. The molecule has 3 aromatic rings. The molecule has 1 atom stereocenters. The zero-order chi connectivity index (χ0) is 21.1. The highest BCUT2D eigenvalue weighted by Crippen LogP contribution is 2.21. The Morgan fingerprint density at radius 3 is 2.37 bits per heavy atom. The second-order valence-electron chi connectivity index (χ2n) is 6.34. The van der Waals surface area contributed by atoms with Crippen LogP contribution >= 0.6 is 17.0 Å². The van der Waals surface area contributed by atoms with E-state index in [4.69, 9.17) is 0 Å². The summed E-state index contributed by atoms with van der Waals surface area (Å²) in [7, 11) is 0. The lowest BCUT2D eigenvalue weighted by Crippen LogP contribution is -2.38. The van der Waals surface area contributed by atoms with Gasteiger partial charge in [-0.05, 0) is 29.7 Å². The average molecular weight is 481 g/mol. The number of carboxylic acid groups (broad SMARTS) is 1. The minimum atomic E-state index is -1.14. The number of fused-ring (bicyclic) bond motifs is 1. The molecule has 0 aliphatic rings. The quantitative estimate of drug-likeness (QED) is 0.190. The second-order valence-corrected chi connectivity index (χ2v) is 6.34. The van der Waals surface area contributed by atoms with Crippen molar-refractivity contribution in [3.63, 3.8) is 0 Å². The Morgan fingerprint density at radius 1 is 1.13 bits per heavy atom.